The smallest absolute Gasteiger partial charge is 0.303 e. The van der Waals surface area contributed by atoms with Gasteiger partial charge in [0.25, 0.3) is 0 Å². The summed E-state index contributed by atoms with van der Waals surface area (Å²) in [6.45, 7) is 6.62. The number of hydrogen-bond donors (Lipinski definition) is 5. The highest BCUT2D eigenvalue weighted by molar-refractivity contribution is 5.67. The van der Waals surface area contributed by atoms with Gasteiger partial charge in [-0.1, -0.05) is 13.8 Å². The van der Waals surface area contributed by atoms with Gasteiger partial charge in [0.15, 0.2) is 6.29 Å². The molecular weight excluding hydrogens is 488 g/mol. The molecule has 0 aromatic heterocycles. The zero-order valence-electron chi connectivity index (χ0n) is 23.1. The molecule has 2 bridgehead atoms. The van der Waals surface area contributed by atoms with Gasteiger partial charge < -0.3 is 41.0 Å². The number of ether oxygens (including phenoxy) is 3. The minimum Gasteiger partial charge on any atom is -0.481 e. The number of nitrogens with two attached hydrogens (primary N) is 2. The second kappa shape index (κ2) is 9.36. The molecule has 0 unspecified atom stereocenters. The van der Waals surface area contributed by atoms with E-state index in [0.29, 0.717) is 23.7 Å². The average molecular weight is 537 g/mol. The van der Waals surface area contributed by atoms with Crippen molar-refractivity contribution in [2.45, 2.75) is 134 Å². The van der Waals surface area contributed by atoms with Crippen LogP contribution < -0.4 is 11.5 Å². The van der Waals surface area contributed by atoms with Crippen LogP contribution in [0, 0.1) is 40.4 Å². The maximum atomic E-state index is 11.6. The molecule has 9 heteroatoms. The second-order valence-electron chi connectivity index (χ2n) is 14.1. The van der Waals surface area contributed by atoms with Gasteiger partial charge in [0.2, 0.25) is 0 Å². The molecule has 2 aliphatic heterocycles. The van der Waals surface area contributed by atoms with Crippen molar-refractivity contribution >= 4 is 5.97 Å². The summed E-state index contributed by atoms with van der Waals surface area (Å²) in [5.74, 6) is 0.944. The Bertz CT molecular complexity index is 937. The quantitative estimate of drug-likeness (QED) is 0.340. The van der Waals surface area contributed by atoms with Crippen LogP contribution in [-0.2, 0) is 19.0 Å². The van der Waals surface area contributed by atoms with Crippen LogP contribution in [0.3, 0.4) is 0 Å². The Kier molecular flexibility index (Phi) is 6.74. The van der Waals surface area contributed by atoms with Gasteiger partial charge in [-0.15, -0.1) is 0 Å². The fourth-order valence-corrected chi connectivity index (χ4v) is 10.7. The van der Waals surface area contributed by atoms with Crippen molar-refractivity contribution in [2.24, 2.45) is 51.9 Å². The normalized spacial score (nSPS) is 58.0. The summed E-state index contributed by atoms with van der Waals surface area (Å²) in [5, 5.41) is 30.3. The zero-order chi connectivity index (χ0) is 27.2. The van der Waals surface area contributed by atoms with Crippen LogP contribution in [0.4, 0.5) is 0 Å². The average Bonchev–Trinajstić information content (AvgIpc) is 3.07. The number of fused-ring (bicyclic) bond motifs is 3. The fraction of sp³-hybridized carbons (Fsp3) is 0.966. The number of carboxylic acid groups (broad SMARTS) is 1. The molecule has 2 heterocycles. The van der Waals surface area contributed by atoms with Crippen molar-refractivity contribution in [3.63, 3.8) is 0 Å². The molecule has 0 aromatic rings. The third-order valence-corrected chi connectivity index (χ3v) is 12.7. The molecule has 6 fully saturated rings. The number of aliphatic carboxylic acids is 1. The van der Waals surface area contributed by atoms with Crippen LogP contribution >= 0.6 is 0 Å². The molecule has 0 spiro atoms. The molecule has 4 saturated carbocycles. The summed E-state index contributed by atoms with van der Waals surface area (Å²) in [6.07, 6.45) is 5.69. The summed E-state index contributed by atoms with van der Waals surface area (Å²) < 4.78 is 19.0. The van der Waals surface area contributed by atoms with E-state index in [-0.39, 0.29) is 34.9 Å². The molecule has 2 saturated heterocycles. The van der Waals surface area contributed by atoms with Crippen LogP contribution in [0.15, 0.2) is 0 Å². The molecule has 15 atom stereocenters. The molecule has 7 N–H and O–H groups in total. The highest BCUT2D eigenvalue weighted by Crippen LogP contribution is 2.73. The van der Waals surface area contributed by atoms with Gasteiger partial charge in [0.1, 0.15) is 12.3 Å². The first-order valence-corrected chi connectivity index (χ1v) is 15.0. The first kappa shape index (κ1) is 27.4. The van der Waals surface area contributed by atoms with Gasteiger partial charge in [0, 0.05) is 11.3 Å². The molecular formula is C29H48N2O7. The minimum atomic E-state index is -1.05. The number of aliphatic hydroxyl groups excluding tert-OH is 2. The largest absolute Gasteiger partial charge is 0.481 e. The van der Waals surface area contributed by atoms with E-state index in [0.717, 1.165) is 57.8 Å². The van der Waals surface area contributed by atoms with E-state index >= 15 is 0 Å². The van der Waals surface area contributed by atoms with Crippen molar-refractivity contribution in [1.29, 1.82) is 0 Å². The minimum absolute atomic E-state index is 0.00192. The molecule has 9 nitrogen and oxygen atoms in total. The number of carboxylic acids is 1. The van der Waals surface area contributed by atoms with Gasteiger partial charge in [-0.05, 0) is 93.8 Å². The van der Waals surface area contributed by atoms with Gasteiger partial charge in [-0.3, -0.25) is 4.79 Å². The molecule has 216 valence electrons. The van der Waals surface area contributed by atoms with Crippen LogP contribution in [0.25, 0.3) is 0 Å². The molecule has 6 aliphatic rings. The standard InChI is InChI=1S/C29H48N2O7/c1-14-23(34)22(30)24(35)26(36-14)37-16-6-9-27(2)15(12-16)4-5-20-19(27)7-10-28(3)18-8-11-29(20,28)38-25(31)17(18)13-21(32)33/h14-20,22-26,34-35H,4-13,30-31H2,1-3H3,(H,32,33)/t14-,15+,16+,17-,18+,19-,20+,22-,23-,24+,25+,26-,27-,28+,29-/m0/s1. The monoisotopic (exact) mass is 536 g/mol. The van der Waals surface area contributed by atoms with E-state index in [1.807, 2.05) is 0 Å². The summed E-state index contributed by atoms with van der Waals surface area (Å²) in [5.41, 5.74) is 12.5. The summed E-state index contributed by atoms with van der Waals surface area (Å²) in [7, 11) is 0. The molecule has 0 radical (unpaired) electrons. The van der Waals surface area contributed by atoms with Gasteiger partial charge >= 0.3 is 5.97 Å². The topological polar surface area (TPSA) is 157 Å². The van der Waals surface area contributed by atoms with Crippen molar-refractivity contribution in [3.05, 3.63) is 0 Å². The lowest BCUT2D eigenvalue weighted by Crippen LogP contribution is -2.68. The maximum absolute atomic E-state index is 11.6. The Balaban J connectivity index is 1.18. The Morgan fingerprint density at radius 2 is 1.71 bits per heavy atom. The number of rotatable bonds is 4. The fourth-order valence-electron chi connectivity index (χ4n) is 10.7. The number of hydrogen-bond acceptors (Lipinski definition) is 8. The molecule has 4 aliphatic carbocycles. The molecule has 0 amide bonds. The Labute approximate surface area is 225 Å². The van der Waals surface area contributed by atoms with Gasteiger partial charge in [0.05, 0.1) is 36.4 Å². The number of carbonyl (C=O) groups is 1. The van der Waals surface area contributed by atoms with Gasteiger partial charge in [-0.25, -0.2) is 0 Å². The van der Waals surface area contributed by atoms with E-state index in [9.17, 15) is 20.1 Å². The summed E-state index contributed by atoms with van der Waals surface area (Å²) >= 11 is 0. The Hall–Kier alpha value is -0.810. The third kappa shape index (κ3) is 3.79. The predicted molar refractivity (Wildman–Crippen MR) is 138 cm³/mol. The summed E-state index contributed by atoms with van der Waals surface area (Å²) in [6, 6.07) is -0.781. The molecule has 6 rings (SSSR count). The summed E-state index contributed by atoms with van der Waals surface area (Å²) in [4.78, 5) is 11.6. The lowest BCUT2D eigenvalue weighted by atomic mass is 9.42. The first-order chi connectivity index (χ1) is 17.9. The van der Waals surface area contributed by atoms with E-state index < -0.39 is 42.8 Å². The maximum Gasteiger partial charge on any atom is 0.303 e. The van der Waals surface area contributed by atoms with Crippen molar-refractivity contribution < 1.29 is 34.3 Å². The van der Waals surface area contributed by atoms with E-state index in [2.05, 4.69) is 13.8 Å². The van der Waals surface area contributed by atoms with E-state index in [4.69, 9.17) is 25.7 Å². The van der Waals surface area contributed by atoms with Crippen LogP contribution in [0.5, 0.6) is 0 Å². The van der Waals surface area contributed by atoms with Crippen LogP contribution in [0.2, 0.25) is 0 Å². The Morgan fingerprint density at radius 3 is 2.45 bits per heavy atom. The van der Waals surface area contributed by atoms with Gasteiger partial charge in [-0.2, -0.15) is 0 Å². The van der Waals surface area contributed by atoms with Crippen molar-refractivity contribution in [3.8, 4) is 0 Å². The number of aliphatic hydroxyl groups is 2. The molecule has 38 heavy (non-hydrogen) atoms. The van der Waals surface area contributed by atoms with E-state index in [1.54, 1.807) is 6.92 Å². The highest BCUT2D eigenvalue weighted by Gasteiger charge is 2.72. The molecule has 0 aromatic carbocycles. The van der Waals surface area contributed by atoms with Crippen molar-refractivity contribution in [1.82, 2.24) is 0 Å². The van der Waals surface area contributed by atoms with Crippen LogP contribution in [0.1, 0.15) is 85.0 Å². The zero-order valence-corrected chi connectivity index (χ0v) is 23.1. The lowest BCUT2D eigenvalue weighted by molar-refractivity contribution is -0.300. The van der Waals surface area contributed by atoms with Crippen molar-refractivity contribution in [2.75, 3.05) is 0 Å². The van der Waals surface area contributed by atoms with E-state index in [1.165, 1.54) is 0 Å². The predicted octanol–water partition coefficient (Wildman–Crippen LogP) is 2.35. The third-order valence-electron chi connectivity index (χ3n) is 12.7. The SMILES string of the molecule is C[C@@H]1O[C@@H](O[C@@H]2CC[C@@]3(C)[C@H](CC[C@@H]4[C@@H]3CC[C@]3(C)[C@@H]5CC[C@]43O[C@@H](N)[C@H]5CC(=O)O)C2)[C@H](O)[C@@H](N)[C@H]1O. The van der Waals surface area contributed by atoms with Crippen LogP contribution in [-0.4, -0.2) is 69.9 Å². The first-order valence-electron chi connectivity index (χ1n) is 15.0. The Morgan fingerprint density at radius 1 is 0.974 bits per heavy atom. The highest BCUT2D eigenvalue weighted by atomic mass is 16.7. The lowest BCUT2D eigenvalue weighted by Gasteiger charge is -2.67. The second-order valence-corrected chi connectivity index (χ2v) is 14.1.